The monoisotopic (exact) mass is 409 g/mol. The predicted octanol–water partition coefficient (Wildman–Crippen LogP) is 4.71. The number of aromatic amines is 2. The maximum Gasteiger partial charge on any atom is 0.159 e. The smallest absolute Gasteiger partial charge is 0.159 e. The summed E-state index contributed by atoms with van der Waals surface area (Å²) in [5.41, 5.74) is 6.46. The zero-order valence-electron chi connectivity index (χ0n) is 16.5. The van der Waals surface area contributed by atoms with Crippen molar-refractivity contribution in [3.63, 3.8) is 0 Å². The quantitative estimate of drug-likeness (QED) is 0.443. The molecule has 8 heteroatoms. The molecule has 0 spiro atoms. The zero-order chi connectivity index (χ0) is 20.9. The van der Waals surface area contributed by atoms with E-state index in [9.17, 15) is 4.39 Å². The van der Waals surface area contributed by atoms with Gasteiger partial charge < -0.3 is 4.98 Å². The van der Waals surface area contributed by atoms with Crippen LogP contribution < -0.4 is 0 Å². The van der Waals surface area contributed by atoms with Gasteiger partial charge in [-0.15, -0.1) is 0 Å². The topological polar surface area (TPSA) is 88.1 Å². The lowest BCUT2D eigenvalue weighted by Gasteiger charge is -2.01. The van der Waals surface area contributed by atoms with Crippen LogP contribution in [0.1, 0.15) is 0 Å². The summed E-state index contributed by atoms with van der Waals surface area (Å²) in [6.07, 6.45) is 5.49. The van der Waals surface area contributed by atoms with Crippen LogP contribution in [0.15, 0.2) is 67.1 Å². The van der Waals surface area contributed by atoms with Crippen LogP contribution >= 0.6 is 0 Å². The van der Waals surface area contributed by atoms with Crippen molar-refractivity contribution in [2.45, 2.75) is 0 Å². The first-order valence-electron chi connectivity index (χ1n) is 9.74. The van der Waals surface area contributed by atoms with Crippen LogP contribution in [0.5, 0.6) is 0 Å². The Hall–Kier alpha value is -4.33. The number of nitrogens with zero attached hydrogens (tertiary/aromatic N) is 5. The number of benzene rings is 2. The minimum atomic E-state index is -0.312. The van der Waals surface area contributed by atoms with Crippen molar-refractivity contribution in [3.8, 4) is 33.9 Å². The molecule has 0 aliphatic heterocycles. The first-order valence-corrected chi connectivity index (χ1v) is 9.74. The number of hydrogen-bond donors (Lipinski definition) is 2. The van der Waals surface area contributed by atoms with Gasteiger partial charge in [0.25, 0.3) is 0 Å². The standard InChI is InChI=1S/C23H16FN7/c1-31-12-15(11-26-31)13-5-6-18-17(10-13)21(30-29-18)23-27-19-7-8-25-20(22(19)28-23)14-3-2-4-16(24)9-14/h2-12H,1H3,(H,27,28)(H,29,30). The molecule has 0 aliphatic carbocycles. The molecule has 4 heterocycles. The molecular formula is C23H16FN7. The number of pyridine rings is 1. The maximum absolute atomic E-state index is 13.8. The summed E-state index contributed by atoms with van der Waals surface area (Å²) in [7, 11) is 1.89. The molecule has 6 aromatic rings. The highest BCUT2D eigenvalue weighted by atomic mass is 19.1. The molecular weight excluding hydrogens is 393 g/mol. The van der Waals surface area contributed by atoms with Crippen molar-refractivity contribution < 1.29 is 4.39 Å². The number of halogens is 1. The Bertz CT molecular complexity index is 1570. The van der Waals surface area contributed by atoms with Crippen LogP contribution in [0.4, 0.5) is 4.39 Å². The maximum atomic E-state index is 13.8. The average Bonchev–Trinajstić information content (AvgIpc) is 3.50. The van der Waals surface area contributed by atoms with Gasteiger partial charge in [0.2, 0.25) is 0 Å². The van der Waals surface area contributed by atoms with Crippen LogP contribution in [0.2, 0.25) is 0 Å². The molecule has 4 aromatic heterocycles. The molecule has 7 nitrogen and oxygen atoms in total. The number of H-pyrrole nitrogens is 2. The first kappa shape index (κ1) is 17.5. The highest BCUT2D eigenvalue weighted by Crippen LogP contribution is 2.32. The number of fused-ring (bicyclic) bond motifs is 2. The van der Waals surface area contributed by atoms with Crippen molar-refractivity contribution >= 4 is 21.9 Å². The summed E-state index contributed by atoms with van der Waals surface area (Å²) < 4.78 is 15.5. The minimum Gasteiger partial charge on any atom is -0.336 e. The van der Waals surface area contributed by atoms with E-state index in [0.29, 0.717) is 28.3 Å². The first-order chi connectivity index (χ1) is 15.2. The van der Waals surface area contributed by atoms with Gasteiger partial charge in [0, 0.05) is 36.0 Å². The van der Waals surface area contributed by atoms with E-state index in [1.54, 1.807) is 16.9 Å². The summed E-state index contributed by atoms with van der Waals surface area (Å²) in [6, 6.07) is 14.3. The molecule has 0 atom stereocenters. The Labute approximate surface area is 175 Å². The van der Waals surface area contributed by atoms with Crippen molar-refractivity contribution in [3.05, 3.63) is 72.9 Å². The SMILES string of the molecule is Cn1cc(-c2ccc3[nH]nc(-c4nc5c(-c6cccc(F)c6)nccc5[nH]4)c3c2)cn1. The van der Waals surface area contributed by atoms with E-state index >= 15 is 0 Å². The summed E-state index contributed by atoms with van der Waals surface area (Å²) in [5.74, 6) is 0.309. The van der Waals surface area contributed by atoms with Gasteiger partial charge in [0.05, 0.1) is 22.9 Å². The van der Waals surface area contributed by atoms with Crippen molar-refractivity contribution in [1.29, 1.82) is 0 Å². The number of nitrogens with one attached hydrogen (secondary N) is 2. The molecule has 0 saturated carbocycles. The highest BCUT2D eigenvalue weighted by molar-refractivity contribution is 5.97. The van der Waals surface area contributed by atoms with Gasteiger partial charge in [-0.3, -0.25) is 14.8 Å². The van der Waals surface area contributed by atoms with Crippen molar-refractivity contribution in [2.24, 2.45) is 7.05 Å². The van der Waals surface area contributed by atoms with E-state index < -0.39 is 0 Å². The second-order valence-corrected chi connectivity index (χ2v) is 7.39. The minimum absolute atomic E-state index is 0.312. The molecule has 31 heavy (non-hydrogen) atoms. The van der Waals surface area contributed by atoms with E-state index in [4.69, 9.17) is 4.98 Å². The Kier molecular flexibility index (Phi) is 3.73. The Morgan fingerprint density at radius 2 is 1.87 bits per heavy atom. The lowest BCUT2D eigenvalue weighted by molar-refractivity contribution is 0.628. The number of aromatic nitrogens is 7. The van der Waals surface area contributed by atoms with Crippen LogP contribution in [-0.4, -0.2) is 34.9 Å². The number of imidazole rings is 1. The Balaban J connectivity index is 1.51. The van der Waals surface area contributed by atoms with Crippen LogP contribution in [0.25, 0.3) is 55.8 Å². The molecule has 2 aromatic carbocycles. The van der Waals surface area contributed by atoms with Gasteiger partial charge in [-0.05, 0) is 35.9 Å². The van der Waals surface area contributed by atoms with Crippen molar-refractivity contribution in [1.82, 2.24) is 34.9 Å². The Morgan fingerprint density at radius 3 is 2.71 bits per heavy atom. The number of hydrogen-bond acceptors (Lipinski definition) is 4. The normalized spacial score (nSPS) is 11.5. The second-order valence-electron chi connectivity index (χ2n) is 7.39. The van der Waals surface area contributed by atoms with Gasteiger partial charge in [0.15, 0.2) is 5.82 Å². The molecule has 6 rings (SSSR count). The lowest BCUT2D eigenvalue weighted by atomic mass is 10.1. The van der Waals surface area contributed by atoms with Gasteiger partial charge in [-0.25, -0.2) is 9.37 Å². The van der Waals surface area contributed by atoms with E-state index in [2.05, 4.69) is 31.3 Å². The van der Waals surface area contributed by atoms with E-state index in [-0.39, 0.29) is 5.82 Å². The van der Waals surface area contributed by atoms with Gasteiger partial charge in [-0.1, -0.05) is 18.2 Å². The molecule has 150 valence electrons. The summed E-state index contributed by atoms with van der Waals surface area (Å²) in [4.78, 5) is 12.6. The molecule has 0 fully saturated rings. The Morgan fingerprint density at radius 1 is 0.935 bits per heavy atom. The van der Waals surface area contributed by atoms with E-state index in [1.165, 1.54) is 12.1 Å². The van der Waals surface area contributed by atoms with E-state index in [0.717, 1.165) is 27.5 Å². The molecule has 0 aliphatic rings. The van der Waals surface area contributed by atoms with Crippen LogP contribution in [-0.2, 0) is 7.05 Å². The third-order valence-corrected chi connectivity index (χ3v) is 5.32. The average molecular weight is 409 g/mol. The zero-order valence-corrected chi connectivity index (χ0v) is 16.5. The fourth-order valence-electron chi connectivity index (χ4n) is 3.84. The molecule has 0 bridgehead atoms. The lowest BCUT2D eigenvalue weighted by Crippen LogP contribution is -1.86. The van der Waals surface area contributed by atoms with Crippen molar-refractivity contribution in [2.75, 3.05) is 0 Å². The molecule has 2 N–H and O–H groups in total. The third kappa shape index (κ3) is 2.88. The van der Waals surface area contributed by atoms with Crippen LogP contribution in [0.3, 0.4) is 0 Å². The fourth-order valence-corrected chi connectivity index (χ4v) is 3.84. The second kappa shape index (κ2) is 6.60. The van der Waals surface area contributed by atoms with Gasteiger partial charge >= 0.3 is 0 Å². The van der Waals surface area contributed by atoms with Gasteiger partial charge in [-0.2, -0.15) is 10.2 Å². The number of rotatable bonds is 3. The number of aryl methyl sites for hydroxylation is 1. The third-order valence-electron chi connectivity index (χ3n) is 5.32. The summed E-state index contributed by atoms with van der Waals surface area (Å²) in [6.45, 7) is 0. The fraction of sp³-hybridized carbons (Fsp3) is 0.0435. The largest absolute Gasteiger partial charge is 0.336 e. The van der Waals surface area contributed by atoms with E-state index in [1.807, 2.05) is 43.7 Å². The van der Waals surface area contributed by atoms with Gasteiger partial charge in [0.1, 0.15) is 17.0 Å². The molecule has 0 amide bonds. The molecule has 0 saturated heterocycles. The molecule has 0 unspecified atom stereocenters. The predicted molar refractivity (Wildman–Crippen MR) is 117 cm³/mol. The highest BCUT2D eigenvalue weighted by Gasteiger charge is 2.16. The van der Waals surface area contributed by atoms with Crippen LogP contribution in [0, 0.1) is 5.82 Å². The summed E-state index contributed by atoms with van der Waals surface area (Å²) in [5, 5.41) is 12.8. The summed E-state index contributed by atoms with van der Waals surface area (Å²) >= 11 is 0. The molecule has 0 radical (unpaired) electrons.